The predicted octanol–water partition coefficient (Wildman–Crippen LogP) is 1.16. The summed E-state index contributed by atoms with van der Waals surface area (Å²) in [6, 6.07) is 3.71. The minimum atomic E-state index is -2.65. The molecule has 1 heterocycles. The van der Waals surface area contributed by atoms with Crippen LogP contribution in [0.2, 0.25) is 0 Å². The van der Waals surface area contributed by atoms with Crippen molar-refractivity contribution in [1.29, 1.82) is 0 Å². The van der Waals surface area contributed by atoms with E-state index in [2.05, 4.69) is 5.32 Å². The molecule has 0 radical (unpaired) electrons. The molecule has 2 rings (SSSR count). The smallest absolute Gasteiger partial charge is 0.265 e. The maximum Gasteiger partial charge on any atom is 0.265 e. The van der Waals surface area contributed by atoms with E-state index >= 15 is 0 Å². The van der Waals surface area contributed by atoms with Crippen LogP contribution in [0.4, 0.5) is 20.2 Å². The monoisotopic (exact) mass is 285 g/mol. The second-order valence-electron chi connectivity index (χ2n) is 4.52. The summed E-state index contributed by atoms with van der Waals surface area (Å²) in [7, 11) is 1.51. The zero-order chi connectivity index (χ0) is 14.7. The van der Waals surface area contributed by atoms with Crippen molar-refractivity contribution in [2.24, 2.45) is 0 Å². The van der Waals surface area contributed by atoms with Crippen LogP contribution in [0.15, 0.2) is 18.2 Å². The molecule has 0 bridgehead atoms. The quantitative estimate of drug-likeness (QED) is 0.818. The summed E-state index contributed by atoms with van der Waals surface area (Å²) in [5.74, 6) is -0.262. The first kappa shape index (κ1) is 14.5. The van der Waals surface area contributed by atoms with Crippen LogP contribution in [0.1, 0.15) is 12.0 Å². The minimum Gasteiger partial charge on any atom is -0.399 e. The van der Waals surface area contributed by atoms with Crippen LogP contribution in [0.5, 0.6) is 0 Å². The lowest BCUT2D eigenvalue weighted by Crippen LogP contribution is -2.53. The van der Waals surface area contributed by atoms with Gasteiger partial charge < -0.3 is 20.7 Å². The van der Waals surface area contributed by atoms with Gasteiger partial charge in [0, 0.05) is 30.5 Å². The highest BCUT2D eigenvalue weighted by atomic mass is 19.3. The lowest BCUT2D eigenvalue weighted by atomic mass is 10.1. The number of morpholine rings is 1. The number of nitrogens with one attached hydrogen (secondary N) is 1. The molecule has 3 N–H and O–H groups in total. The summed E-state index contributed by atoms with van der Waals surface area (Å²) in [4.78, 5) is 13.5. The van der Waals surface area contributed by atoms with Crippen molar-refractivity contribution in [2.75, 3.05) is 37.4 Å². The van der Waals surface area contributed by atoms with Gasteiger partial charge in [-0.3, -0.25) is 4.79 Å². The first-order chi connectivity index (χ1) is 9.54. The first-order valence-corrected chi connectivity index (χ1v) is 6.28. The summed E-state index contributed by atoms with van der Waals surface area (Å²) in [6.07, 6.45) is -2.65. The molecule has 1 aliphatic rings. The van der Waals surface area contributed by atoms with Crippen LogP contribution in [-0.2, 0) is 9.53 Å². The van der Waals surface area contributed by atoms with Crippen LogP contribution in [-0.4, -0.2) is 38.8 Å². The molecule has 110 valence electrons. The van der Waals surface area contributed by atoms with Crippen molar-refractivity contribution in [3.63, 3.8) is 0 Å². The van der Waals surface area contributed by atoms with Crippen molar-refractivity contribution in [2.45, 2.75) is 12.5 Å². The fraction of sp³-hybridized carbons (Fsp3) is 0.462. The highest BCUT2D eigenvalue weighted by molar-refractivity contribution is 5.86. The molecular weight excluding hydrogens is 268 g/mol. The SMILES string of the molecule is CNC(=O)C1COCCN1c1ccc(N)cc1C(F)F. The van der Waals surface area contributed by atoms with Gasteiger partial charge in [-0.15, -0.1) is 0 Å². The molecule has 1 unspecified atom stereocenters. The average Bonchev–Trinajstić information content (AvgIpc) is 2.46. The normalized spacial score (nSPS) is 19.2. The van der Waals surface area contributed by atoms with E-state index < -0.39 is 12.5 Å². The highest BCUT2D eigenvalue weighted by Crippen LogP contribution is 2.33. The summed E-state index contributed by atoms with van der Waals surface area (Å²) in [6.45, 7) is 0.939. The van der Waals surface area contributed by atoms with Gasteiger partial charge in [-0.1, -0.05) is 0 Å². The number of likely N-dealkylation sites (N-methyl/N-ethyl adjacent to an activating group) is 1. The highest BCUT2D eigenvalue weighted by Gasteiger charge is 2.31. The lowest BCUT2D eigenvalue weighted by Gasteiger charge is -2.37. The van der Waals surface area contributed by atoms with Crippen molar-refractivity contribution in [1.82, 2.24) is 5.32 Å². The number of carbonyl (C=O) groups excluding carboxylic acids is 1. The molecule has 1 aromatic rings. The molecule has 0 spiro atoms. The van der Waals surface area contributed by atoms with E-state index in [1.54, 1.807) is 11.0 Å². The second kappa shape index (κ2) is 6.04. The molecule has 20 heavy (non-hydrogen) atoms. The van der Waals surface area contributed by atoms with Gasteiger partial charge in [0.05, 0.1) is 13.2 Å². The molecule has 0 aliphatic carbocycles. The number of carbonyl (C=O) groups is 1. The van der Waals surface area contributed by atoms with Crippen LogP contribution in [0.25, 0.3) is 0 Å². The second-order valence-corrected chi connectivity index (χ2v) is 4.52. The molecule has 1 fully saturated rings. The van der Waals surface area contributed by atoms with E-state index in [9.17, 15) is 13.6 Å². The van der Waals surface area contributed by atoms with Gasteiger partial charge in [-0.05, 0) is 18.2 Å². The van der Waals surface area contributed by atoms with Gasteiger partial charge >= 0.3 is 0 Å². The number of nitrogens with zero attached hydrogens (tertiary/aromatic N) is 1. The Morgan fingerprint density at radius 3 is 2.95 bits per heavy atom. The number of ether oxygens (including phenoxy) is 1. The van der Waals surface area contributed by atoms with E-state index in [1.165, 1.54) is 19.2 Å². The average molecular weight is 285 g/mol. The maximum absolute atomic E-state index is 13.2. The molecule has 5 nitrogen and oxygen atoms in total. The molecule has 1 amide bonds. The first-order valence-electron chi connectivity index (χ1n) is 6.28. The van der Waals surface area contributed by atoms with E-state index in [0.29, 0.717) is 18.8 Å². The molecule has 7 heteroatoms. The Labute approximate surface area is 115 Å². The number of nitrogen functional groups attached to an aromatic ring is 1. The lowest BCUT2D eigenvalue weighted by molar-refractivity contribution is -0.124. The molecule has 1 aliphatic heterocycles. The zero-order valence-corrected chi connectivity index (χ0v) is 11.1. The van der Waals surface area contributed by atoms with Crippen LogP contribution in [0.3, 0.4) is 0 Å². The van der Waals surface area contributed by atoms with E-state index in [0.717, 1.165) is 0 Å². The molecule has 0 saturated carbocycles. The molecule has 0 aromatic heterocycles. The number of alkyl halides is 2. The minimum absolute atomic E-state index is 0.166. The molecule has 1 saturated heterocycles. The standard InChI is InChI=1S/C13H17F2N3O2/c1-17-13(19)11-7-20-5-4-18(11)10-3-2-8(16)6-9(10)12(14)15/h2-3,6,11-12H,4-5,7,16H2,1H3,(H,17,19). The van der Waals surface area contributed by atoms with Gasteiger partial charge in [0.2, 0.25) is 5.91 Å². The van der Waals surface area contributed by atoms with Crippen molar-refractivity contribution in [3.05, 3.63) is 23.8 Å². The van der Waals surface area contributed by atoms with E-state index in [1.807, 2.05) is 0 Å². The number of nitrogens with two attached hydrogens (primary N) is 1. The van der Waals surface area contributed by atoms with Crippen LogP contribution < -0.4 is 16.0 Å². The molecule has 1 aromatic carbocycles. The van der Waals surface area contributed by atoms with Crippen LogP contribution >= 0.6 is 0 Å². The van der Waals surface area contributed by atoms with E-state index in [-0.39, 0.29) is 23.8 Å². The Kier molecular flexibility index (Phi) is 4.39. The number of benzene rings is 1. The summed E-state index contributed by atoms with van der Waals surface area (Å²) in [5.41, 5.74) is 5.99. The van der Waals surface area contributed by atoms with Crippen molar-refractivity contribution >= 4 is 17.3 Å². The Balaban J connectivity index is 2.39. The Morgan fingerprint density at radius 1 is 1.55 bits per heavy atom. The van der Waals surface area contributed by atoms with E-state index in [4.69, 9.17) is 10.5 Å². The molecule has 1 atom stereocenters. The summed E-state index contributed by atoms with van der Waals surface area (Å²) >= 11 is 0. The summed E-state index contributed by atoms with van der Waals surface area (Å²) < 4.78 is 31.6. The third kappa shape index (κ3) is 2.82. The van der Waals surface area contributed by atoms with Gasteiger partial charge in [0.15, 0.2) is 0 Å². The topological polar surface area (TPSA) is 67.6 Å². The Hall–Kier alpha value is -1.89. The largest absolute Gasteiger partial charge is 0.399 e. The number of hydrogen-bond acceptors (Lipinski definition) is 4. The number of hydrogen-bond donors (Lipinski definition) is 2. The summed E-state index contributed by atoms with van der Waals surface area (Å²) in [5, 5.41) is 2.52. The Bertz CT molecular complexity index is 497. The van der Waals surface area contributed by atoms with Gasteiger partial charge in [-0.2, -0.15) is 0 Å². The third-order valence-corrected chi connectivity index (χ3v) is 3.27. The predicted molar refractivity (Wildman–Crippen MR) is 71.8 cm³/mol. The Morgan fingerprint density at radius 2 is 2.30 bits per heavy atom. The zero-order valence-electron chi connectivity index (χ0n) is 11.1. The van der Waals surface area contributed by atoms with Crippen molar-refractivity contribution in [3.8, 4) is 0 Å². The third-order valence-electron chi connectivity index (χ3n) is 3.27. The molecular formula is C13H17F2N3O2. The van der Waals surface area contributed by atoms with Gasteiger partial charge in [-0.25, -0.2) is 8.78 Å². The number of rotatable bonds is 3. The fourth-order valence-corrected chi connectivity index (χ4v) is 2.29. The van der Waals surface area contributed by atoms with Gasteiger partial charge in [0.25, 0.3) is 6.43 Å². The fourth-order valence-electron chi connectivity index (χ4n) is 2.29. The number of halogens is 2. The maximum atomic E-state index is 13.2. The van der Waals surface area contributed by atoms with Crippen LogP contribution in [0, 0.1) is 0 Å². The van der Waals surface area contributed by atoms with Crippen molar-refractivity contribution < 1.29 is 18.3 Å². The number of anilines is 2. The van der Waals surface area contributed by atoms with Gasteiger partial charge in [0.1, 0.15) is 6.04 Å². The number of amides is 1.